The minimum atomic E-state index is -3.68. The molecule has 0 aliphatic heterocycles. The van der Waals surface area contributed by atoms with Gasteiger partial charge in [0, 0.05) is 16.6 Å². The van der Waals surface area contributed by atoms with Crippen LogP contribution >= 0.6 is 23.4 Å². The maximum Gasteiger partial charge on any atom is 0.261 e. The molecule has 0 bridgehead atoms. The highest BCUT2D eigenvalue weighted by Gasteiger charge is 2.19. The molecule has 1 unspecified atom stereocenters. The highest BCUT2D eigenvalue weighted by atomic mass is 35.5. The number of ether oxygens (including phenoxy) is 2. The lowest BCUT2D eigenvalue weighted by Crippen LogP contribution is -2.22. The van der Waals surface area contributed by atoms with Crippen molar-refractivity contribution in [2.45, 2.75) is 28.9 Å². The van der Waals surface area contributed by atoms with Crippen LogP contribution in [0.2, 0.25) is 5.02 Å². The molecule has 0 aliphatic carbocycles. The van der Waals surface area contributed by atoms with Crippen molar-refractivity contribution in [3.05, 3.63) is 71.2 Å². The third-order valence-electron chi connectivity index (χ3n) is 4.85. The Bertz CT molecular complexity index is 1260. The SMILES string of the molecule is COc1cc(OC)c(NC(=O)C(C)Sc2ccc(NS(=O)(=O)c3ccc(C)cc3)cc2)cc1Cl. The van der Waals surface area contributed by atoms with Gasteiger partial charge >= 0.3 is 0 Å². The Morgan fingerprint density at radius 1 is 0.971 bits per heavy atom. The van der Waals surface area contributed by atoms with Crippen LogP contribution in [0.1, 0.15) is 12.5 Å². The summed E-state index contributed by atoms with van der Waals surface area (Å²) in [5, 5.41) is 2.73. The first-order valence-corrected chi connectivity index (χ1v) is 13.0. The van der Waals surface area contributed by atoms with E-state index in [2.05, 4.69) is 10.0 Å². The number of carbonyl (C=O) groups is 1. The fraction of sp³-hybridized carbons (Fsp3) is 0.208. The number of hydrogen-bond acceptors (Lipinski definition) is 6. The molecule has 0 radical (unpaired) electrons. The monoisotopic (exact) mass is 520 g/mol. The highest BCUT2D eigenvalue weighted by Crippen LogP contribution is 2.36. The van der Waals surface area contributed by atoms with Crippen LogP contribution < -0.4 is 19.5 Å². The number of hydrogen-bond donors (Lipinski definition) is 2. The number of rotatable bonds is 9. The molecule has 0 aromatic heterocycles. The number of methoxy groups -OCH3 is 2. The van der Waals surface area contributed by atoms with Crippen molar-refractivity contribution in [3.8, 4) is 11.5 Å². The van der Waals surface area contributed by atoms with E-state index in [4.69, 9.17) is 21.1 Å². The average molecular weight is 521 g/mol. The molecule has 180 valence electrons. The second kappa shape index (κ2) is 11.0. The quantitative estimate of drug-likeness (QED) is 0.357. The Morgan fingerprint density at radius 2 is 1.59 bits per heavy atom. The zero-order valence-corrected chi connectivity index (χ0v) is 21.5. The first kappa shape index (κ1) is 25.7. The maximum absolute atomic E-state index is 12.7. The molecule has 1 amide bonds. The van der Waals surface area contributed by atoms with E-state index in [1.807, 2.05) is 6.92 Å². The second-order valence-electron chi connectivity index (χ2n) is 7.38. The van der Waals surface area contributed by atoms with Crippen molar-refractivity contribution >= 4 is 50.7 Å². The van der Waals surface area contributed by atoms with Crippen molar-refractivity contribution < 1.29 is 22.7 Å². The van der Waals surface area contributed by atoms with Crippen LogP contribution in [0.3, 0.4) is 0 Å². The van der Waals surface area contributed by atoms with Crippen LogP contribution in [0.5, 0.6) is 11.5 Å². The van der Waals surface area contributed by atoms with Gasteiger partial charge in [-0.3, -0.25) is 9.52 Å². The molecule has 0 spiro atoms. The first-order valence-electron chi connectivity index (χ1n) is 10.2. The molecule has 3 aromatic rings. The Balaban J connectivity index is 1.64. The number of benzene rings is 3. The number of sulfonamides is 1. The summed E-state index contributed by atoms with van der Waals surface area (Å²) in [6, 6.07) is 16.6. The molecular formula is C24H25ClN2O5S2. The predicted octanol–water partition coefficient (Wildman–Crippen LogP) is 5.59. The molecule has 10 heteroatoms. The molecular weight excluding hydrogens is 496 g/mol. The van der Waals surface area contributed by atoms with E-state index in [0.717, 1.165) is 10.5 Å². The van der Waals surface area contributed by atoms with Crippen molar-refractivity contribution in [2.24, 2.45) is 0 Å². The van der Waals surface area contributed by atoms with Gasteiger partial charge in [0.25, 0.3) is 10.0 Å². The molecule has 7 nitrogen and oxygen atoms in total. The van der Waals surface area contributed by atoms with Gasteiger partial charge < -0.3 is 14.8 Å². The number of amides is 1. The normalized spacial score (nSPS) is 12.0. The fourth-order valence-corrected chi connectivity index (χ4v) is 5.15. The smallest absolute Gasteiger partial charge is 0.261 e. The van der Waals surface area contributed by atoms with E-state index in [1.165, 1.54) is 26.0 Å². The molecule has 2 N–H and O–H groups in total. The highest BCUT2D eigenvalue weighted by molar-refractivity contribution is 8.00. The van der Waals surface area contributed by atoms with Gasteiger partial charge in [0.2, 0.25) is 5.91 Å². The third-order valence-corrected chi connectivity index (χ3v) is 7.66. The standard InChI is InChI=1S/C24H25ClN2O5S2/c1-15-5-11-19(12-6-15)34(29,30)27-17-7-9-18(10-8-17)33-16(2)24(28)26-21-13-20(25)22(31-3)14-23(21)32-4/h5-14,16,27H,1-4H3,(H,26,28). The number of thioether (sulfide) groups is 1. The van der Waals surface area contributed by atoms with Crippen molar-refractivity contribution in [2.75, 3.05) is 24.3 Å². The second-order valence-corrected chi connectivity index (χ2v) is 10.9. The minimum Gasteiger partial charge on any atom is -0.495 e. The van der Waals surface area contributed by atoms with Crippen LogP contribution in [0, 0.1) is 6.92 Å². The Labute approximate surface area is 208 Å². The van der Waals surface area contributed by atoms with E-state index in [0.29, 0.717) is 27.9 Å². The lowest BCUT2D eigenvalue weighted by molar-refractivity contribution is -0.115. The molecule has 0 heterocycles. The van der Waals surface area contributed by atoms with Crippen molar-refractivity contribution in [1.82, 2.24) is 0 Å². The summed E-state index contributed by atoms with van der Waals surface area (Å²) in [5.41, 5.74) is 1.85. The van der Waals surface area contributed by atoms with E-state index in [1.54, 1.807) is 67.6 Å². The van der Waals surface area contributed by atoms with Crippen molar-refractivity contribution in [3.63, 3.8) is 0 Å². The third kappa shape index (κ3) is 6.37. The number of aryl methyl sites for hydroxylation is 1. The minimum absolute atomic E-state index is 0.191. The molecule has 1 atom stereocenters. The number of anilines is 2. The van der Waals surface area contributed by atoms with Crippen LogP contribution in [0.15, 0.2) is 70.5 Å². The summed E-state index contributed by atoms with van der Waals surface area (Å²) in [6.07, 6.45) is 0. The van der Waals surface area contributed by atoms with Gasteiger partial charge in [0.1, 0.15) is 11.5 Å². The molecule has 3 rings (SSSR count). The summed E-state index contributed by atoms with van der Waals surface area (Å²) in [4.78, 5) is 13.7. The van der Waals surface area contributed by atoms with Gasteiger partial charge in [0.05, 0.1) is 35.1 Å². The maximum atomic E-state index is 12.7. The Kier molecular flexibility index (Phi) is 8.35. The van der Waals surface area contributed by atoms with Gasteiger partial charge in [-0.15, -0.1) is 11.8 Å². The van der Waals surface area contributed by atoms with Gasteiger partial charge in [-0.1, -0.05) is 29.3 Å². The molecule has 0 saturated carbocycles. The predicted molar refractivity (Wildman–Crippen MR) is 137 cm³/mol. The zero-order valence-electron chi connectivity index (χ0n) is 19.1. The summed E-state index contributed by atoms with van der Waals surface area (Å²) in [5.74, 6) is 0.628. The van der Waals surface area contributed by atoms with Crippen LogP contribution in [-0.2, 0) is 14.8 Å². The number of carbonyl (C=O) groups excluding carboxylic acids is 1. The number of halogens is 1. The van der Waals surface area contributed by atoms with Crippen molar-refractivity contribution in [1.29, 1.82) is 0 Å². The molecule has 34 heavy (non-hydrogen) atoms. The molecule has 0 saturated heterocycles. The summed E-state index contributed by atoms with van der Waals surface area (Å²) in [7, 11) is -0.694. The first-order chi connectivity index (χ1) is 16.1. The van der Waals surface area contributed by atoms with Gasteiger partial charge in [-0.2, -0.15) is 0 Å². The fourth-order valence-electron chi connectivity index (χ4n) is 2.98. The van der Waals surface area contributed by atoms with E-state index < -0.39 is 15.3 Å². The van der Waals surface area contributed by atoms with Crippen LogP contribution in [0.25, 0.3) is 0 Å². The molecule has 0 fully saturated rings. The van der Waals surface area contributed by atoms with E-state index >= 15 is 0 Å². The zero-order chi connectivity index (χ0) is 24.9. The summed E-state index contributed by atoms with van der Waals surface area (Å²) >= 11 is 7.51. The van der Waals surface area contributed by atoms with E-state index in [9.17, 15) is 13.2 Å². The van der Waals surface area contributed by atoms with Gasteiger partial charge in [-0.05, 0) is 56.3 Å². The van der Waals surface area contributed by atoms with E-state index in [-0.39, 0.29) is 10.8 Å². The average Bonchev–Trinajstić information content (AvgIpc) is 2.80. The number of nitrogens with one attached hydrogen (secondary N) is 2. The van der Waals surface area contributed by atoms with Gasteiger partial charge in [0.15, 0.2) is 0 Å². The summed E-state index contributed by atoms with van der Waals surface area (Å²) < 4.78 is 38.2. The topological polar surface area (TPSA) is 93.7 Å². The molecule has 0 aliphatic rings. The van der Waals surface area contributed by atoms with Gasteiger partial charge in [-0.25, -0.2) is 8.42 Å². The largest absolute Gasteiger partial charge is 0.495 e. The Hall–Kier alpha value is -2.88. The Morgan fingerprint density at radius 3 is 2.18 bits per heavy atom. The lowest BCUT2D eigenvalue weighted by atomic mass is 10.2. The van der Waals surface area contributed by atoms with Crippen LogP contribution in [-0.4, -0.2) is 33.8 Å². The summed E-state index contributed by atoms with van der Waals surface area (Å²) in [6.45, 7) is 3.66. The molecule has 3 aromatic carbocycles. The lowest BCUT2D eigenvalue weighted by Gasteiger charge is -2.16. The van der Waals surface area contributed by atoms with Crippen LogP contribution in [0.4, 0.5) is 11.4 Å².